The van der Waals surface area contributed by atoms with Crippen LogP contribution < -0.4 is 10.6 Å². The third kappa shape index (κ3) is 3.21. The Labute approximate surface area is 115 Å². The summed E-state index contributed by atoms with van der Waals surface area (Å²) >= 11 is 3.99. The second-order valence-corrected chi connectivity index (χ2v) is 5.28. The number of thioether (sulfide) groups is 1. The Hall–Kier alpha value is -1.60. The van der Waals surface area contributed by atoms with Crippen LogP contribution in [0.15, 0.2) is 39.7 Å². The van der Waals surface area contributed by atoms with Crippen molar-refractivity contribution >= 4 is 50.4 Å². The molecule has 0 spiro atoms. The van der Waals surface area contributed by atoms with Crippen molar-refractivity contribution in [1.29, 1.82) is 0 Å². The molecule has 0 bridgehead atoms. The molecule has 1 saturated heterocycles. The van der Waals surface area contributed by atoms with E-state index in [2.05, 4.69) is 26.6 Å². The van der Waals surface area contributed by atoms with Gasteiger partial charge < -0.3 is 5.32 Å². The number of halogens is 1. The van der Waals surface area contributed by atoms with Crippen molar-refractivity contribution in [3.05, 3.63) is 39.7 Å². The Morgan fingerprint density at radius 3 is 2.50 bits per heavy atom. The molecule has 0 unspecified atom stereocenters. The van der Waals surface area contributed by atoms with Crippen LogP contribution in [-0.2, 0) is 9.59 Å². The van der Waals surface area contributed by atoms with Crippen LogP contribution in [0.4, 0.5) is 10.5 Å². The molecule has 1 aromatic carbocycles. The van der Waals surface area contributed by atoms with E-state index in [0.29, 0.717) is 17.4 Å². The molecule has 1 heterocycles. The topological polar surface area (TPSA) is 75.3 Å². The van der Waals surface area contributed by atoms with Crippen molar-refractivity contribution < 1.29 is 14.4 Å². The van der Waals surface area contributed by atoms with Gasteiger partial charge in [0.15, 0.2) is 0 Å². The van der Waals surface area contributed by atoms with Gasteiger partial charge in [0, 0.05) is 16.2 Å². The first-order valence-electron chi connectivity index (χ1n) is 4.86. The second kappa shape index (κ2) is 5.36. The van der Waals surface area contributed by atoms with Gasteiger partial charge in [0.2, 0.25) is 5.91 Å². The van der Waals surface area contributed by atoms with Crippen LogP contribution in [0.3, 0.4) is 0 Å². The number of carbonyl (C=O) groups is 3. The van der Waals surface area contributed by atoms with E-state index >= 15 is 0 Å². The molecule has 1 fully saturated rings. The van der Waals surface area contributed by atoms with Crippen molar-refractivity contribution in [1.82, 2.24) is 5.32 Å². The molecule has 0 atom stereocenters. The van der Waals surface area contributed by atoms with Crippen LogP contribution in [-0.4, -0.2) is 17.1 Å². The maximum atomic E-state index is 11.6. The fourth-order valence-electron chi connectivity index (χ4n) is 1.25. The Balaban J connectivity index is 2.05. The van der Waals surface area contributed by atoms with Crippen LogP contribution in [0.1, 0.15) is 0 Å². The van der Waals surface area contributed by atoms with Gasteiger partial charge >= 0.3 is 0 Å². The Kier molecular flexibility index (Phi) is 3.83. The van der Waals surface area contributed by atoms with E-state index in [0.717, 1.165) is 10.5 Å². The number of benzene rings is 1. The molecule has 1 aliphatic heterocycles. The average molecular weight is 327 g/mol. The van der Waals surface area contributed by atoms with E-state index in [4.69, 9.17) is 0 Å². The molecule has 92 valence electrons. The van der Waals surface area contributed by atoms with Crippen molar-refractivity contribution in [3.63, 3.8) is 0 Å². The van der Waals surface area contributed by atoms with Gasteiger partial charge in [-0.2, -0.15) is 0 Å². The average Bonchev–Trinajstić information content (AvgIpc) is 2.61. The highest BCUT2D eigenvalue weighted by Crippen LogP contribution is 2.23. The summed E-state index contributed by atoms with van der Waals surface area (Å²) in [6.07, 6.45) is 1.10. The van der Waals surface area contributed by atoms with Crippen molar-refractivity contribution in [2.75, 3.05) is 5.32 Å². The molecule has 0 aliphatic carbocycles. The summed E-state index contributed by atoms with van der Waals surface area (Å²) < 4.78 is 0.898. The van der Waals surface area contributed by atoms with Gasteiger partial charge in [-0.1, -0.05) is 15.9 Å². The lowest BCUT2D eigenvalue weighted by Crippen LogP contribution is -2.18. The van der Waals surface area contributed by atoms with Gasteiger partial charge in [-0.25, -0.2) is 0 Å². The molecule has 0 radical (unpaired) electrons. The summed E-state index contributed by atoms with van der Waals surface area (Å²) in [7, 11) is 0. The van der Waals surface area contributed by atoms with Gasteiger partial charge in [0.1, 0.15) is 0 Å². The third-order valence-corrected chi connectivity index (χ3v) is 3.36. The van der Waals surface area contributed by atoms with Crippen LogP contribution in [0.5, 0.6) is 0 Å². The Bertz CT molecular complexity index is 554. The quantitative estimate of drug-likeness (QED) is 0.817. The largest absolute Gasteiger partial charge is 0.322 e. The first kappa shape index (κ1) is 12.8. The second-order valence-electron chi connectivity index (χ2n) is 3.35. The minimum absolute atomic E-state index is 0.0922. The molecule has 18 heavy (non-hydrogen) atoms. The van der Waals surface area contributed by atoms with Crippen LogP contribution >= 0.6 is 27.7 Å². The van der Waals surface area contributed by atoms with Gasteiger partial charge in [-0.3, -0.25) is 19.7 Å². The molecule has 1 aliphatic rings. The standard InChI is InChI=1S/C11H7BrN2O3S/c12-6-1-3-7(4-2-6)13-9(15)5-8-10(16)14-11(17)18-8/h1-5H,(H,13,15)(H,14,16,17)/b8-5-. The highest BCUT2D eigenvalue weighted by atomic mass is 79.9. The normalized spacial score (nSPS) is 16.8. The predicted molar refractivity (Wildman–Crippen MR) is 72.0 cm³/mol. The summed E-state index contributed by atoms with van der Waals surface area (Å²) in [5.74, 6) is -0.999. The Morgan fingerprint density at radius 1 is 1.28 bits per heavy atom. The van der Waals surface area contributed by atoms with Gasteiger partial charge in [-0.15, -0.1) is 0 Å². The summed E-state index contributed by atoms with van der Waals surface area (Å²) in [5.41, 5.74) is 0.606. The summed E-state index contributed by atoms with van der Waals surface area (Å²) in [6, 6.07) is 6.99. The number of carbonyl (C=O) groups excluding carboxylic acids is 3. The fraction of sp³-hybridized carbons (Fsp3) is 0. The first-order valence-corrected chi connectivity index (χ1v) is 6.47. The van der Waals surface area contributed by atoms with E-state index in [1.807, 2.05) is 0 Å². The number of amides is 3. The number of hydrogen-bond acceptors (Lipinski definition) is 4. The summed E-state index contributed by atoms with van der Waals surface area (Å²) in [6.45, 7) is 0. The molecular weight excluding hydrogens is 320 g/mol. The van der Waals surface area contributed by atoms with Gasteiger partial charge in [0.05, 0.1) is 4.91 Å². The fourth-order valence-corrected chi connectivity index (χ4v) is 2.17. The van der Waals surface area contributed by atoms with Crippen LogP contribution in [0.25, 0.3) is 0 Å². The highest BCUT2D eigenvalue weighted by Gasteiger charge is 2.25. The van der Waals surface area contributed by atoms with Crippen molar-refractivity contribution in [2.45, 2.75) is 0 Å². The zero-order valence-corrected chi connectivity index (χ0v) is 11.3. The van der Waals surface area contributed by atoms with E-state index in [-0.39, 0.29) is 4.91 Å². The van der Waals surface area contributed by atoms with Gasteiger partial charge in [-0.05, 0) is 36.0 Å². The lowest BCUT2D eigenvalue weighted by atomic mass is 10.3. The number of nitrogens with one attached hydrogen (secondary N) is 2. The molecule has 0 aromatic heterocycles. The zero-order valence-electron chi connectivity index (χ0n) is 8.90. The number of hydrogen-bond donors (Lipinski definition) is 2. The number of anilines is 1. The molecular formula is C11H7BrN2O3S. The molecule has 0 saturated carbocycles. The Morgan fingerprint density at radius 2 is 1.94 bits per heavy atom. The number of imide groups is 1. The minimum atomic E-state index is -0.545. The lowest BCUT2D eigenvalue weighted by Gasteiger charge is -2.01. The first-order chi connectivity index (χ1) is 8.54. The monoisotopic (exact) mass is 326 g/mol. The molecule has 5 nitrogen and oxygen atoms in total. The van der Waals surface area contributed by atoms with E-state index in [9.17, 15) is 14.4 Å². The van der Waals surface area contributed by atoms with Crippen molar-refractivity contribution in [3.8, 4) is 0 Å². The SMILES string of the molecule is O=C(/C=C1\SC(=O)NC1=O)Nc1ccc(Br)cc1. The molecule has 2 N–H and O–H groups in total. The third-order valence-electron chi connectivity index (χ3n) is 2.02. The molecule has 7 heteroatoms. The molecule has 1 aromatic rings. The zero-order chi connectivity index (χ0) is 13.1. The van der Waals surface area contributed by atoms with E-state index in [1.165, 1.54) is 0 Å². The predicted octanol–water partition coefficient (Wildman–Crippen LogP) is 2.25. The van der Waals surface area contributed by atoms with E-state index < -0.39 is 17.1 Å². The molecule has 3 amide bonds. The van der Waals surface area contributed by atoms with Crippen LogP contribution in [0, 0.1) is 0 Å². The maximum absolute atomic E-state index is 11.6. The summed E-state index contributed by atoms with van der Waals surface area (Å²) in [4.78, 5) is 33.8. The van der Waals surface area contributed by atoms with Gasteiger partial charge in [0.25, 0.3) is 11.1 Å². The maximum Gasteiger partial charge on any atom is 0.290 e. The highest BCUT2D eigenvalue weighted by molar-refractivity contribution is 9.10. The number of rotatable bonds is 2. The lowest BCUT2D eigenvalue weighted by molar-refractivity contribution is -0.116. The smallest absolute Gasteiger partial charge is 0.290 e. The molecule has 2 rings (SSSR count). The van der Waals surface area contributed by atoms with Crippen molar-refractivity contribution in [2.24, 2.45) is 0 Å². The van der Waals surface area contributed by atoms with Crippen LogP contribution in [0.2, 0.25) is 0 Å². The summed E-state index contributed by atoms with van der Waals surface area (Å²) in [5, 5.41) is 4.20. The van der Waals surface area contributed by atoms with E-state index in [1.54, 1.807) is 24.3 Å². The minimum Gasteiger partial charge on any atom is -0.322 e.